The number of hydrogen-bond acceptors (Lipinski definition) is 5. The van der Waals surface area contributed by atoms with Gasteiger partial charge >= 0.3 is 0 Å². The van der Waals surface area contributed by atoms with Gasteiger partial charge in [0.2, 0.25) is 0 Å². The van der Waals surface area contributed by atoms with Gasteiger partial charge in [0.25, 0.3) is 0 Å². The van der Waals surface area contributed by atoms with Crippen LogP contribution in [-0.2, 0) is 0 Å². The van der Waals surface area contributed by atoms with E-state index < -0.39 is 0 Å². The number of thioether (sulfide) groups is 1. The summed E-state index contributed by atoms with van der Waals surface area (Å²) in [7, 11) is 0. The van der Waals surface area contributed by atoms with Crippen LogP contribution in [0.1, 0.15) is 13.3 Å². The predicted octanol–water partition coefficient (Wildman–Crippen LogP) is 1.38. The van der Waals surface area contributed by atoms with E-state index >= 15 is 0 Å². The first-order valence-electron chi connectivity index (χ1n) is 4.54. The summed E-state index contributed by atoms with van der Waals surface area (Å²) < 4.78 is 0. The molecular weight excluding hydrogens is 198 g/mol. The Morgan fingerprint density at radius 3 is 3.00 bits per heavy atom. The third kappa shape index (κ3) is 3.51. The first-order chi connectivity index (χ1) is 6.76. The fourth-order valence-electron chi connectivity index (χ4n) is 0.914. The molecule has 1 heterocycles. The molecule has 1 atom stereocenters. The van der Waals surface area contributed by atoms with Crippen LogP contribution in [0.4, 0.5) is 5.82 Å². The Kier molecular flexibility index (Phi) is 4.69. The molecule has 78 valence electrons. The lowest BCUT2D eigenvalue weighted by molar-refractivity contribution is 0.183. The monoisotopic (exact) mass is 213 g/mol. The molecule has 2 N–H and O–H groups in total. The number of nitrogens with one attached hydrogen (secondary N) is 1. The van der Waals surface area contributed by atoms with Gasteiger partial charge in [-0.1, -0.05) is 6.92 Å². The van der Waals surface area contributed by atoms with Gasteiger partial charge in [-0.3, -0.25) is 0 Å². The zero-order valence-corrected chi connectivity index (χ0v) is 9.21. The summed E-state index contributed by atoms with van der Waals surface area (Å²) in [6, 6.07) is 1.87. The molecule has 4 nitrogen and oxygen atoms in total. The topological polar surface area (TPSA) is 58.0 Å². The van der Waals surface area contributed by atoms with Gasteiger partial charge in [-0.2, -0.15) is 0 Å². The smallest absolute Gasteiger partial charge is 0.130 e. The Bertz CT molecular complexity index is 283. The first-order valence-corrected chi connectivity index (χ1v) is 5.76. The third-order valence-corrected chi connectivity index (χ3v) is 2.48. The molecule has 0 bridgehead atoms. The summed E-state index contributed by atoms with van der Waals surface area (Å²) >= 11 is 1.57. The molecule has 0 aliphatic carbocycles. The minimum Gasteiger partial charge on any atom is -0.391 e. The number of aliphatic hydroxyl groups is 1. The Labute approximate surface area is 88.2 Å². The lowest BCUT2D eigenvalue weighted by Gasteiger charge is -2.09. The third-order valence-electron chi connectivity index (χ3n) is 1.84. The largest absolute Gasteiger partial charge is 0.391 e. The van der Waals surface area contributed by atoms with Crippen molar-refractivity contribution in [1.29, 1.82) is 0 Å². The van der Waals surface area contributed by atoms with Gasteiger partial charge in [-0.25, -0.2) is 9.97 Å². The van der Waals surface area contributed by atoms with Crippen molar-refractivity contribution >= 4 is 17.6 Å². The van der Waals surface area contributed by atoms with Gasteiger partial charge in [0.15, 0.2) is 0 Å². The van der Waals surface area contributed by atoms with Crippen LogP contribution in [0.15, 0.2) is 17.4 Å². The number of nitrogens with zero attached hydrogens (tertiary/aromatic N) is 2. The molecule has 0 radical (unpaired) electrons. The maximum Gasteiger partial charge on any atom is 0.130 e. The van der Waals surface area contributed by atoms with Gasteiger partial charge in [0, 0.05) is 12.6 Å². The molecule has 5 heteroatoms. The number of aliphatic hydroxyl groups excluding tert-OH is 1. The molecule has 0 aromatic carbocycles. The average Bonchev–Trinajstić information content (AvgIpc) is 2.26. The summed E-state index contributed by atoms with van der Waals surface area (Å²) in [5.74, 6) is 0.761. The van der Waals surface area contributed by atoms with Crippen LogP contribution in [0.3, 0.4) is 0 Å². The molecule has 0 amide bonds. The number of anilines is 1. The fourth-order valence-corrected chi connectivity index (χ4v) is 1.30. The Balaban J connectivity index is 2.50. The highest BCUT2D eigenvalue weighted by atomic mass is 32.2. The van der Waals surface area contributed by atoms with Gasteiger partial charge in [0.05, 0.1) is 6.10 Å². The second-order valence-electron chi connectivity index (χ2n) is 2.89. The molecule has 1 aromatic rings. The molecule has 1 unspecified atom stereocenters. The molecule has 1 rings (SSSR count). The van der Waals surface area contributed by atoms with Gasteiger partial charge in [-0.05, 0) is 12.7 Å². The van der Waals surface area contributed by atoms with E-state index in [4.69, 9.17) is 0 Å². The zero-order chi connectivity index (χ0) is 10.4. The summed E-state index contributed by atoms with van der Waals surface area (Å²) in [5, 5.41) is 13.3. The van der Waals surface area contributed by atoms with Crippen molar-refractivity contribution in [3.63, 3.8) is 0 Å². The van der Waals surface area contributed by atoms with Crippen LogP contribution in [0, 0.1) is 0 Å². The second kappa shape index (κ2) is 5.82. The fraction of sp³-hybridized carbons (Fsp3) is 0.556. The van der Waals surface area contributed by atoms with E-state index in [1.165, 1.54) is 6.33 Å². The highest BCUT2D eigenvalue weighted by molar-refractivity contribution is 7.98. The summed E-state index contributed by atoms with van der Waals surface area (Å²) in [4.78, 5) is 8.10. The highest BCUT2D eigenvalue weighted by Crippen LogP contribution is 2.13. The molecule has 1 aromatic heterocycles. The van der Waals surface area contributed by atoms with Crippen molar-refractivity contribution in [2.45, 2.75) is 24.5 Å². The SMILES string of the molecule is CCC(O)CNc1cc(SC)ncn1. The minimum absolute atomic E-state index is 0.317. The van der Waals surface area contributed by atoms with Crippen molar-refractivity contribution < 1.29 is 5.11 Å². The van der Waals surface area contributed by atoms with Gasteiger partial charge in [-0.15, -0.1) is 11.8 Å². The van der Waals surface area contributed by atoms with Gasteiger partial charge in [0.1, 0.15) is 17.2 Å². The van der Waals surface area contributed by atoms with E-state index in [1.54, 1.807) is 11.8 Å². The summed E-state index contributed by atoms with van der Waals surface area (Å²) in [5.41, 5.74) is 0. The number of rotatable bonds is 5. The van der Waals surface area contributed by atoms with E-state index in [0.717, 1.165) is 17.3 Å². The van der Waals surface area contributed by atoms with Crippen LogP contribution in [0.2, 0.25) is 0 Å². The van der Waals surface area contributed by atoms with E-state index in [1.807, 2.05) is 19.2 Å². The Morgan fingerprint density at radius 1 is 1.57 bits per heavy atom. The van der Waals surface area contributed by atoms with Crippen molar-refractivity contribution in [2.24, 2.45) is 0 Å². The van der Waals surface area contributed by atoms with Crippen LogP contribution in [0.5, 0.6) is 0 Å². The van der Waals surface area contributed by atoms with Crippen LogP contribution >= 0.6 is 11.8 Å². The summed E-state index contributed by atoms with van der Waals surface area (Å²) in [6.45, 7) is 2.47. The van der Waals surface area contributed by atoms with Gasteiger partial charge < -0.3 is 10.4 Å². The lowest BCUT2D eigenvalue weighted by Crippen LogP contribution is -2.18. The van der Waals surface area contributed by atoms with Crippen LogP contribution in [0.25, 0.3) is 0 Å². The molecule has 0 saturated heterocycles. The van der Waals surface area contributed by atoms with E-state index in [0.29, 0.717) is 6.54 Å². The highest BCUT2D eigenvalue weighted by Gasteiger charge is 2.01. The standard InChI is InChI=1S/C9H15N3OS/c1-3-7(13)5-10-8-4-9(14-2)12-6-11-8/h4,6-7,13H,3,5H2,1-2H3,(H,10,11,12). The normalized spacial score (nSPS) is 12.5. The molecule has 0 saturated carbocycles. The average molecular weight is 213 g/mol. The number of hydrogen-bond donors (Lipinski definition) is 2. The van der Waals surface area contributed by atoms with Crippen LogP contribution in [-0.4, -0.2) is 34.0 Å². The first kappa shape index (κ1) is 11.3. The van der Waals surface area contributed by atoms with E-state index in [-0.39, 0.29) is 6.10 Å². The van der Waals surface area contributed by atoms with Crippen molar-refractivity contribution in [2.75, 3.05) is 18.1 Å². The van der Waals surface area contributed by atoms with Crippen LogP contribution < -0.4 is 5.32 Å². The van der Waals surface area contributed by atoms with Crippen molar-refractivity contribution in [3.05, 3.63) is 12.4 Å². The molecule has 0 spiro atoms. The quantitative estimate of drug-likeness (QED) is 0.571. The maximum absolute atomic E-state index is 9.33. The molecule has 14 heavy (non-hydrogen) atoms. The molecule has 0 fully saturated rings. The number of aromatic nitrogens is 2. The minimum atomic E-state index is -0.317. The Morgan fingerprint density at radius 2 is 2.36 bits per heavy atom. The molecular formula is C9H15N3OS. The van der Waals surface area contributed by atoms with Crippen molar-refractivity contribution in [1.82, 2.24) is 9.97 Å². The lowest BCUT2D eigenvalue weighted by atomic mass is 10.3. The maximum atomic E-state index is 9.33. The van der Waals surface area contributed by atoms with E-state index in [2.05, 4.69) is 15.3 Å². The second-order valence-corrected chi connectivity index (χ2v) is 3.72. The molecule has 0 aliphatic heterocycles. The zero-order valence-electron chi connectivity index (χ0n) is 8.40. The predicted molar refractivity (Wildman–Crippen MR) is 58.6 cm³/mol. The van der Waals surface area contributed by atoms with Crippen molar-refractivity contribution in [3.8, 4) is 0 Å². The molecule has 0 aliphatic rings. The van der Waals surface area contributed by atoms with E-state index in [9.17, 15) is 5.11 Å². The summed E-state index contributed by atoms with van der Waals surface area (Å²) in [6.07, 6.45) is 3.91. The Hall–Kier alpha value is -0.810.